The summed E-state index contributed by atoms with van der Waals surface area (Å²) in [7, 11) is 0. The first-order valence-electron chi connectivity index (χ1n) is 6.51. The number of amides is 3. The summed E-state index contributed by atoms with van der Waals surface area (Å²) in [5.74, 6) is -1.59. The Balaban J connectivity index is 2.39. The molecular formula is C16H13BrN2O4. The number of hydrogen-bond acceptors (Lipinski definition) is 3. The Morgan fingerprint density at radius 3 is 2.61 bits per heavy atom. The van der Waals surface area contributed by atoms with Crippen LogP contribution in [0.3, 0.4) is 0 Å². The van der Waals surface area contributed by atoms with E-state index in [4.69, 9.17) is 5.11 Å². The summed E-state index contributed by atoms with van der Waals surface area (Å²) < 4.78 is 0.527. The van der Waals surface area contributed by atoms with Crippen LogP contribution in [-0.2, 0) is 4.79 Å². The number of carbonyl (C=O) groups excluding carboxylic acids is 2. The van der Waals surface area contributed by atoms with Crippen molar-refractivity contribution in [1.29, 1.82) is 0 Å². The van der Waals surface area contributed by atoms with Crippen LogP contribution < -0.4 is 4.90 Å². The molecule has 1 heterocycles. The van der Waals surface area contributed by atoms with Gasteiger partial charge >= 0.3 is 12.0 Å². The van der Waals surface area contributed by atoms with Crippen molar-refractivity contribution >= 4 is 39.5 Å². The monoisotopic (exact) mass is 376 g/mol. The van der Waals surface area contributed by atoms with Gasteiger partial charge in [0, 0.05) is 10.2 Å². The molecule has 0 atom stereocenters. The van der Waals surface area contributed by atoms with E-state index in [-0.39, 0.29) is 17.8 Å². The van der Waals surface area contributed by atoms with E-state index < -0.39 is 17.9 Å². The van der Waals surface area contributed by atoms with E-state index in [1.165, 1.54) is 35.2 Å². The van der Waals surface area contributed by atoms with Crippen LogP contribution in [0.1, 0.15) is 10.4 Å². The number of urea groups is 1. The number of aromatic carboxylic acids is 1. The van der Waals surface area contributed by atoms with Crippen molar-refractivity contribution in [2.45, 2.75) is 0 Å². The summed E-state index contributed by atoms with van der Waals surface area (Å²) in [6.45, 7) is 7.12. The number of rotatable bonds is 5. The molecule has 1 N–H and O–H groups in total. The summed E-state index contributed by atoms with van der Waals surface area (Å²) in [6, 6.07) is 5.08. The fraction of sp³-hybridized carbons (Fsp3) is 0.0625. The molecule has 3 amide bonds. The summed E-state index contributed by atoms with van der Waals surface area (Å²) in [5, 5.41) is 9.03. The number of carboxylic acid groups (broad SMARTS) is 1. The standard InChI is InChI=1S/C16H13BrN2O4/c1-3-12(7-10(2)17)18-9-14(20)19(16(18)23)13-6-4-5-11(8-13)15(21)22/h3-8H,1-2,9H2,(H,21,22)/b12-7+. The molecule has 1 fully saturated rings. The molecule has 0 saturated carbocycles. The molecule has 0 radical (unpaired) electrons. The van der Waals surface area contributed by atoms with Gasteiger partial charge in [0.2, 0.25) is 0 Å². The molecule has 7 heteroatoms. The third-order valence-corrected chi connectivity index (χ3v) is 3.37. The van der Waals surface area contributed by atoms with Gasteiger partial charge in [-0.1, -0.05) is 35.2 Å². The molecule has 6 nitrogen and oxygen atoms in total. The topological polar surface area (TPSA) is 77.9 Å². The number of carboxylic acids is 1. The van der Waals surface area contributed by atoms with Gasteiger partial charge in [-0.25, -0.2) is 14.5 Å². The van der Waals surface area contributed by atoms with Crippen LogP contribution in [0.4, 0.5) is 10.5 Å². The van der Waals surface area contributed by atoms with E-state index in [0.29, 0.717) is 10.2 Å². The molecule has 1 aliphatic rings. The van der Waals surface area contributed by atoms with E-state index in [0.717, 1.165) is 4.90 Å². The zero-order valence-electron chi connectivity index (χ0n) is 12.0. The summed E-state index contributed by atoms with van der Waals surface area (Å²) >= 11 is 3.16. The second-order valence-electron chi connectivity index (χ2n) is 4.67. The van der Waals surface area contributed by atoms with Crippen molar-refractivity contribution in [3.05, 3.63) is 65.3 Å². The lowest BCUT2D eigenvalue weighted by Crippen LogP contribution is -2.32. The SMILES string of the molecule is C=C/C(=C\C(=C)Br)N1CC(=O)N(c2cccc(C(=O)O)c2)C1=O. The van der Waals surface area contributed by atoms with Crippen molar-refractivity contribution in [2.24, 2.45) is 0 Å². The second-order valence-corrected chi connectivity index (χ2v) is 5.69. The number of halogens is 1. The molecule has 2 rings (SSSR count). The molecule has 0 unspecified atom stereocenters. The molecule has 0 bridgehead atoms. The second kappa shape index (κ2) is 6.62. The zero-order chi connectivity index (χ0) is 17.1. The number of nitrogens with zero attached hydrogens (tertiary/aromatic N) is 2. The first-order chi connectivity index (χ1) is 10.8. The Labute approximate surface area is 141 Å². The maximum Gasteiger partial charge on any atom is 0.336 e. The lowest BCUT2D eigenvalue weighted by Gasteiger charge is -2.18. The van der Waals surface area contributed by atoms with Gasteiger partial charge in [0.25, 0.3) is 5.91 Å². The average Bonchev–Trinajstić information content (AvgIpc) is 2.79. The first kappa shape index (κ1) is 16.7. The molecule has 0 spiro atoms. The van der Waals surface area contributed by atoms with Crippen LogP contribution in [-0.4, -0.2) is 34.5 Å². The lowest BCUT2D eigenvalue weighted by atomic mass is 10.2. The smallest absolute Gasteiger partial charge is 0.336 e. The molecule has 23 heavy (non-hydrogen) atoms. The molecular weight excluding hydrogens is 364 g/mol. The van der Waals surface area contributed by atoms with Gasteiger partial charge in [0.1, 0.15) is 6.54 Å². The fourth-order valence-electron chi connectivity index (χ4n) is 2.14. The van der Waals surface area contributed by atoms with Crippen molar-refractivity contribution in [1.82, 2.24) is 4.90 Å². The fourth-order valence-corrected chi connectivity index (χ4v) is 2.38. The maximum atomic E-state index is 12.5. The Morgan fingerprint density at radius 2 is 2.04 bits per heavy atom. The minimum absolute atomic E-state index is 0.00475. The highest BCUT2D eigenvalue weighted by atomic mass is 79.9. The Hall–Kier alpha value is -2.67. The minimum atomic E-state index is -1.13. The summed E-state index contributed by atoms with van der Waals surface area (Å²) in [4.78, 5) is 38.0. The maximum absolute atomic E-state index is 12.5. The van der Waals surface area contributed by atoms with Crippen molar-refractivity contribution in [2.75, 3.05) is 11.4 Å². The Kier molecular flexibility index (Phi) is 4.80. The van der Waals surface area contributed by atoms with Gasteiger partial charge < -0.3 is 5.11 Å². The van der Waals surface area contributed by atoms with E-state index in [1.54, 1.807) is 6.08 Å². The predicted molar refractivity (Wildman–Crippen MR) is 89.3 cm³/mol. The number of imide groups is 1. The van der Waals surface area contributed by atoms with E-state index in [1.807, 2.05) is 0 Å². The van der Waals surface area contributed by atoms with Crippen LogP contribution in [0.25, 0.3) is 0 Å². The molecule has 1 aromatic carbocycles. The largest absolute Gasteiger partial charge is 0.478 e. The van der Waals surface area contributed by atoms with Crippen LogP contribution in [0.2, 0.25) is 0 Å². The van der Waals surface area contributed by atoms with Gasteiger partial charge in [0.15, 0.2) is 0 Å². The average molecular weight is 377 g/mol. The number of benzene rings is 1. The van der Waals surface area contributed by atoms with Gasteiger partial charge in [-0.15, -0.1) is 0 Å². The molecule has 1 aromatic rings. The molecule has 1 aliphatic heterocycles. The number of anilines is 1. The number of carbonyl (C=O) groups is 3. The predicted octanol–water partition coefficient (Wildman–Crippen LogP) is 3.13. The molecule has 0 aromatic heterocycles. The van der Waals surface area contributed by atoms with Crippen molar-refractivity contribution in [3.63, 3.8) is 0 Å². The van der Waals surface area contributed by atoms with Crippen LogP contribution in [0.15, 0.2) is 59.8 Å². The minimum Gasteiger partial charge on any atom is -0.478 e. The van der Waals surface area contributed by atoms with Crippen molar-refractivity contribution < 1.29 is 19.5 Å². The van der Waals surface area contributed by atoms with E-state index in [2.05, 4.69) is 29.1 Å². The van der Waals surface area contributed by atoms with Crippen LogP contribution in [0.5, 0.6) is 0 Å². The third-order valence-electron chi connectivity index (χ3n) is 3.14. The van der Waals surface area contributed by atoms with Crippen LogP contribution in [0, 0.1) is 0 Å². The summed E-state index contributed by atoms with van der Waals surface area (Å²) in [5.41, 5.74) is 0.625. The van der Waals surface area contributed by atoms with Gasteiger partial charge in [-0.2, -0.15) is 0 Å². The van der Waals surface area contributed by atoms with Crippen molar-refractivity contribution in [3.8, 4) is 0 Å². The Morgan fingerprint density at radius 1 is 1.35 bits per heavy atom. The highest BCUT2D eigenvalue weighted by Gasteiger charge is 2.38. The quantitative estimate of drug-likeness (QED) is 0.632. The van der Waals surface area contributed by atoms with E-state index >= 15 is 0 Å². The summed E-state index contributed by atoms with van der Waals surface area (Å²) in [6.07, 6.45) is 3.00. The highest BCUT2D eigenvalue weighted by molar-refractivity contribution is 9.11. The number of hydrogen-bond donors (Lipinski definition) is 1. The molecule has 0 aliphatic carbocycles. The normalized spacial score (nSPS) is 15.1. The highest BCUT2D eigenvalue weighted by Crippen LogP contribution is 2.26. The zero-order valence-corrected chi connectivity index (χ0v) is 13.6. The van der Waals surface area contributed by atoms with Gasteiger partial charge in [-0.3, -0.25) is 9.69 Å². The van der Waals surface area contributed by atoms with Gasteiger partial charge in [-0.05, 0) is 30.4 Å². The first-order valence-corrected chi connectivity index (χ1v) is 7.30. The van der Waals surface area contributed by atoms with Crippen LogP contribution >= 0.6 is 15.9 Å². The Bertz CT molecular complexity index is 754. The third kappa shape index (κ3) is 3.40. The van der Waals surface area contributed by atoms with E-state index in [9.17, 15) is 14.4 Å². The number of allylic oxidation sites excluding steroid dienone is 3. The molecule has 118 valence electrons. The molecule has 1 saturated heterocycles. The lowest BCUT2D eigenvalue weighted by molar-refractivity contribution is -0.116. The van der Waals surface area contributed by atoms with Gasteiger partial charge in [0.05, 0.1) is 11.3 Å².